The van der Waals surface area contributed by atoms with E-state index in [1.54, 1.807) is 0 Å². The van der Waals surface area contributed by atoms with Crippen molar-refractivity contribution < 1.29 is 4.74 Å². The van der Waals surface area contributed by atoms with E-state index in [0.717, 1.165) is 24.5 Å². The number of fused-ring (bicyclic) bond motifs is 1. The van der Waals surface area contributed by atoms with E-state index >= 15 is 0 Å². The zero-order valence-electron chi connectivity index (χ0n) is 10.9. The lowest BCUT2D eigenvalue weighted by Crippen LogP contribution is -2.43. The number of likely N-dealkylation sites (N-methyl/N-ethyl adjacent to an activating group) is 1. The van der Waals surface area contributed by atoms with E-state index < -0.39 is 0 Å². The molecule has 0 saturated heterocycles. The van der Waals surface area contributed by atoms with Crippen molar-refractivity contribution in [2.75, 3.05) is 25.5 Å². The van der Waals surface area contributed by atoms with Crippen molar-refractivity contribution in [2.24, 2.45) is 0 Å². The summed E-state index contributed by atoms with van der Waals surface area (Å²) in [6.07, 6.45) is 1.41. The van der Waals surface area contributed by atoms with Gasteiger partial charge in [-0.1, -0.05) is 19.1 Å². The Kier molecular flexibility index (Phi) is 3.89. The second-order valence-corrected chi connectivity index (χ2v) is 4.81. The fourth-order valence-electron chi connectivity index (χ4n) is 2.08. The molecule has 0 aromatic heterocycles. The number of hydrogen-bond donors (Lipinski definition) is 1. The van der Waals surface area contributed by atoms with E-state index in [9.17, 15) is 0 Å². The molecule has 3 heteroatoms. The molecule has 94 valence electrons. The Morgan fingerprint density at radius 2 is 2.24 bits per heavy atom. The van der Waals surface area contributed by atoms with Crippen LogP contribution in [0.15, 0.2) is 24.3 Å². The highest BCUT2D eigenvalue weighted by Crippen LogP contribution is 2.28. The molecule has 2 unspecified atom stereocenters. The molecule has 0 amide bonds. The van der Waals surface area contributed by atoms with Crippen LogP contribution >= 0.6 is 0 Å². The van der Waals surface area contributed by atoms with Crippen LogP contribution in [0.1, 0.15) is 20.3 Å². The maximum absolute atomic E-state index is 5.99. The van der Waals surface area contributed by atoms with Crippen molar-refractivity contribution >= 4 is 5.69 Å². The van der Waals surface area contributed by atoms with Gasteiger partial charge in [0, 0.05) is 12.6 Å². The van der Waals surface area contributed by atoms with Crippen molar-refractivity contribution in [3.8, 4) is 5.75 Å². The summed E-state index contributed by atoms with van der Waals surface area (Å²) in [5.74, 6) is 0.973. The maximum Gasteiger partial charge on any atom is 0.142 e. The van der Waals surface area contributed by atoms with E-state index in [1.165, 1.54) is 6.42 Å². The predicted molar refractivity (Wildman–Crippen MR) is 71.7 cm³/mol. The van der Waals surface area contributed by atoms with Gasteiger partial charge in [-0.25, -0.2) is 0 Å². The Balaban J connectivity index is 1.94. The van der Waals surface area contributed by atoms with Gasteiger partial charge in [-0.15, -0.1) is 0 Å². The highest BCUT2D eigenvalue weighted by atomic mass is 16.5. The van der Waals surface area contributed by atoms with Crippen molar-refractivity contribution in [1.82, 2.24) is 4.90 Å². The first-order chi connectivity index (χ1) is 8.20. The van der Waals surface area contributed by atoms with Crippen LogP contribution in [0.3, 0.4) is 0 Å². The zero-order valence-corrected chi connectivity index (χ0v) is 10.9. The molecular formula is C14H22N2O. The van der Waals surface area contributed by atoms with Gasteiger partial charge in [-0.05, 0) is 32.5 Å². The molecular weight excluding hydrogens is 212 g/mol. The van der Waals surface area contributed by atoms with Crippen LogP contribution in [0.4, 0.5) is 5.69 Å². The highest BCUT2D eigenvalue weighted by molar-refractivity contribution is 5.57. The number of benzene rings is 1. The largest absolute Gasteiger partial charge is 0.485 e. The Morgan fingerprint density at radius 3 is 3.00 bits per heavy atom. The minimum absolute atomic E-state index is 0.240. The normalized spacial score (nSPS) is 20.4. The maximum atomic E-state index is 5.99. The first kappa shape index (κ1) is 12.2. The zero-order chi connectivity index (χ0) is 12.3. The number of nitrogens with zero attached hydrogens (tertiary/aromatic N) is 1. The first-order valence-electron chi connectivity index (χ1n) is 6.40. The number of hydrogen-bond acceptors (Lipinski definition) is 3. The molecule has 1 aromatic rings. The molecule has 2 atom stereocenters. The van der Waals surface area contributed by atoms with Crippen LogP contribution < -0.4 is 10.1 Å². The predicted octanol–water partition coefficient (Wildman–Crippen LogP) is 2.59. The molecule has 1 N–H and O–H groups in total. The molecule has 0 spiro atoms. The van der Waals surface area contributed by atoms with Crippen molar-refractivity contribution in [3.05, 3.63) is 24.3 Å². The number of ether oxygens (including phenoxy) is 1. The van der Waals surface area contributed by atoms with E-state index in [1.807, 2.05) is 18.2 Å². The monoisotopic (exact) mass is 234 g/mol. The minimum atomic E-state index is 0.240. The van der Waals surface area contributed by atoms with Gasteiger partial charge in [-0.3, -0.25) is 4.90 Å². The van der Waals surface area contributed by atoms with Crippen molar-refractivity contribution in [2.45, 2.75) is 32.4 Å². The lowest BCUT2D eigenvalue weighted by atomic mass is 10.2. The summed E-state index contributed by atoms with van der Waals surface area (Å²) in [6, 6.07) is 8.74. The van der Waals surface area contributed by atoms with Gasteiger partial charge in [0.25, 0.3) is 0 Å². The Bertz CT molecular complexity index is 367. The van der Waals surface area contributed by atoms with Crippen LogP contribution in [0, 0.1) is 0 Å². The molecule has 0 radical (unpaired) electrons. The molecule has 1 heterocycles. The standard InChI is InChI=1S/C14H22N2O/c1-4-11(2)16(3)10-12-9-15-13-7-5-6-8-14(13)17-12/h5-8,11-12,15H,4,9-10H2,1-3H3. The van der Waals surface area contributed by atoms with Crippen LogP contribution in [0.2, 0.25) is 0 Å². The van der Waals surface area contributed by atoms with Crippen LogP contribution in [-0.2, 0) is 0 Å². The molecule has 0 fully saturated rings. The summed E-state index contributed by atoms with van der Waals surface area (Å²) in [7, 11) is 2.16. The smallest absolute Gasteiger partial charge is 0.142 e. The van der Waals surface area contributed by atoms with Crippen molar-refractivity contribution in [3.63, 3.8) is 0 Å². The van der Waals surface area contributed by atoms with Gasteiger partial charge in [0.2, 0.25) is 0 Å². The fraction of sp³-hybridized carbons (Fsp3) is 0.571. The average molecular weight is 234 g/mol. The van der Waals surface area contributed by atoms with E-state index in [2.05, 4.69) is 37.2 Å². The van der Waals surface area contributed by atoms with E-state index in [4.69, 9.17) is 4.74 Å². The molecule has 1 aliphatic rings. The lowest BCUT2D eigenvalue weighted by Gasteiger charge is -2.32. The van der Waals surface area contributed by atoms with Gasteiger partial charge in [0.05, 0.1) is 12.2 Å². The summed E-state index contributed by atoms with van der Waals surface area (Å²) in [5, 5.41) is 3.42. The molecule has 1 aromatic carbocycles. The van der Waals surface area contributed by atoms with Gasteiger partial charge in [-0.2, -0.15) is 0 Å². The van der Waals surface area contributed by atoms with Crippen LogP contribution in [0.25, 0.3) is 0 Å². The second-order valence-electron chi connectivity index (χ2n) is 4.81. The van der Waals surface area contributed by atoms with Gasteiger partial charge >= 0.3 is 0 Å². The Labute approximate surface area is 104 Å². The lowest BCUT2D eigenvalue weighted by molar-refractivity contribution is 0.129. The highest BCUT2D eigenvalue weighted by Gasteiger charge is 2.21. The number of rotatable bonds is 4. The van der Waals surface area contributed by atoms with Gasteiger partial charge in [0.1, 0.15) is 11.9 Å². The van der Waals surface area contributed by atoms with Gasteiger partial charge < -0.3 is 10.1 Å². The number of para-hydroxylation sites is 2. The van der Waals surface area contributed by atoms with E-state index in [0.29, 0.717) is 6.04 Å². The Morgan fingerprint density at radius 1 is 1.47 bits per heavy atom. The third-order valence-corrected chi connectivity index (χ3v) is 3.54. The first-order valence-corrected chi connectivity index (χ1v) is 6.40. The molecule has 0 saturated carbocycles. The summed E-state index contributed by atoms with van der Waals surface area (Å²) in [6.45, 7) is 6.33. The second kappa shape index (κ2) is 5.41. The molecule has 0 aliphatic carbocycles. The minimum Gasteiger partial charge on any atom is -0.485 e. The molecule has 2 rings (SSSR count). The summed E-state index contributed by atoms with van der Waals surface area (Å²) >= 11 is 0. The Hall–Kier alpha value is -1.22. The third kappa shape index (κ3) is 2.91. The molecule has 17 heavy (non-hydrogen) atoms. The molecule has 1 aliphatic heterocycles. The topological polar surface area (TPSA) is 24.5 Å². The summed E-state index contributed by atoms with van der Waals surface area (Å²) in [5.41, 5.74) is 1.11. The third-order valence-electron chi connectivity index (χ3n) is 3.54. The number of anilines is 1. The number of nitrogens with one attached hydrogen (secondary N) is 1. The van der Waals surface area contributed by atoms with Crippen LogP contribution in [0.5, 0.6) is 5.75 Å². The quantitative estimate of drug-likeness (QED) is 0.866. The molecule has 3 nitrogen and oxygen atoms in total. The van der Waals surface area contributed by atoms with Crippen molar-refractivity contribution in [1.29, 1.82) is 0 Å². The summed E-state index contributed by atoms with van der Waals surface area (Å²) in [4.78, 5) is 2.36. The SMILES string of the molecule is CCC(C)N(C)CC1CNc2ccccc2O1. The average Bonchev–Trinajstić information content (AvgIpc) is 2.37. The molecule has 0 bridgehead atoms. The van der Waals surface area contributed by atoms with Gasteiger partial charge in [0.15, 0.2) is 0 Å². The summed E-state index contributed by atoms with van der Waals surface area (Å²) < 4.78 is 5.99. The van der Waals surface area contributed by atoms with Crippen LogP contribution in [-0.4, -0.2) is 37.2 Å². The fourth-order valence-corrected chi connectivity index (χ4v) is 2.08. The van der Waals surface area contributed by atoms with E-state index in [-0.39, 0.29) is 6.10 Å².